The second-order valence-electron chi connectivity index (χ2n) is 4.06. The van der Waals surface area contributed by atoms with Crippen LogP contribution in [0.25, 0.3) is 10.9 Å². The Balaban J connectivity index is 2.45. The lowest BCUT2D eigenvalue weighted by atomic mass is 10.1. The number of halogens is 2. The average molecular weight is 269 g/mol. The zero-order valence-electron chi connectivity index (χ0n) is 9.79. The fraction of sp³-hybridized carbons (Fsp3) is 0.273. The van der Waals surface area contributed by atoms with Crippen molar-refractivity contribution in [1.82, 2.24) is 9.78 Å². The molecule has 0 spiro atoms. The summed E-state index contributed by atoms with van der Waals surface area (Å²) in [5, 5.41) is 7.34. The number of nitrogens with one attached hydrogen (secondary N) is 1. The van der Waals surface area contributed by atoms with Crippen LogP contribution in [0.5, 0.6) is 0 Å². The molecule has 2 heterocycles. The first-order valence-electron chi connectivity index (χ1n) is 5.47. The number of urea groups is 1. The third-order valence-electron chi connectivity index (χ3n) is 3.06. The van der Waals surface area contributed by atoms with Crippen molar-refractivity contribution >= 4 is 40.0 Å². The maximum atomic E-state index is 14.0. The molecule has 94 valence electrons. The van der Waals surface area contributed by atoms with Crippen LogP contribution in [0, 0.1) is 5.82 Å². The highest BCUT2D eigenvalue weighted by atomic mass is 35.5. The molecular weight excluding hydrogens is 259 g/mol. The molecule has 0 saturated carbocycles. The third-order valence-corrected chi connectivity index (χ3v) is 3.34. The van der Waals surface area contributed by atoms with Gasteiger partial charge in [0.25, 0.3) is 0 Å². The molecule has 7 heteroatoms. The summed E-state index contributed by atoms with van der Waals surface area (Å²) in [6.07, 6.45) is 0. The van der Waals surface area contributed by atoms with Gasteiger partial charge in [-0.15, -0.1) is 0 Å². The van der Waals surface area contributed by atoms with Gasteiger partial charge in [0.1, 0.15) is 0 Å². The number of benzene rings is 1. The van der Waals surface area contributed by atoms with E-state index in [1.165, 1.54) is 11.0 Å². The highest BCUT2D eigenvalue weighted by Gasteiger charge is 2.31. The number of carbonyl (C=O) groups excluding carboxylic acids is 1. The molecule has 0 aliphatic carbocycles. The third kappa shape index (κ3) is 1.26. The number of rotatable bonds is 1. The normalized spacial score (nSPS) is 14.2. The number of carbonyl (C=O) groups is 1. The van der Waals surface area contributed by atoms with E-state index in [0.29, 0.717) is 23.3 Å². The molecule has 0 unspecified atom stereocenters. The Bertz CT molecular complexity index is 681. The largest absolute Gasteiger partial charge is 0.327 e. The molecule has 0 radical (unpaired) electrons. The highest BCUT2D eigenvalue weighted by molar-refractivity contribution is 6.33. The average Bonchev–Trinajstić information content (AvgIpc) is 2.64. The minimum absolute atomic E-state index is 0.0303. The van der Waals surface area contributed by atoms with Crippen LogP contribution in [-0.4, -0.2) is 22.4 Å². The summed E-state index contributed by atoms with van der Waals surface area (Å²) in [4.78, 5) is 13.3. The van der Waals surface area contributed by atoms with Crippen LogP contribution in [-0.2, 0) is 7.05 Å². The summed E-state index contributed by atoms with van der Waals surface area (Å²) in [6.45, 7) is 2.29. The van der Waals surface area contributed by atoms with Crippen molar-refractivity contribution in [3.63, 3.8) is 0 Å². The van der Waals surface area contributed by atoms with Crippen LogP contribution in [0.1, 0.15) is 6.92 Å². The Morgan fingerprint density at radius 3 is 2.94 bits per heavy atom. The van der Waals surface area contributed by atoms with E-state index < -0.39 is 11.8 Å². The minimum atomic E-state index is -0.623. The molecule has 0 fully saturated rings. The van der Waals surface area contributed by atoms with E-state index >= 15 is 0 Å². The standard InChI is InChI=1S/C11H10ClFN4O/c1-3-17-10-7-6(16(2)15-10)4-5(12)8(13)9(7)14-11(17)18/h4H,3H2,1-2H3,(H,14,18). The number of aryl methyl sites for hydroxylation is 1. The van der Waals surface area contributed by atoms with Gasteiger partial charge in [-0.3, -0.25) is 9.58 Å². The first-order chi connectivity index (χ1) is 8.54. The van der Waals surface area contributed by atoms with Crippen molar-refractivity contribution in [2.24, 2.45) is 7.05 Å². The number of nitrogens with zero attached hydrogens (tertiary/aromatic N) is 3. The van der Waals surface area contributed by atoms with Gasteiger partial charge in [-0.1, -0.05) is 11.6 Å². The zero-order valence-corrected chi connectivity index (χ0v) is 10.5. The molecule has 1 aromatic heterocycles. The maximum absolute atomic E-state index is 14.0. The van der Waals surface area contributed by atoms with Crippen molar-refractivity contribution in [2.45, 2.75) is 6.92 Å². The van der Waals surface area contributed by atoms with Gasteiger partial charge in [-0.25, -0.2) is 9.18 Å². The summed E-state index contributed by atoms with van der Waals surface area (Å²) in [7, 11) is 1.73. The molecule has 2 aromatic rings. The number of hydrogen-bond donors (Lipinski definition) is 1. The zero-order chi connectivity index (χ0) is 13.0. The van der Waals surface area contributed by atoms with Crippen molar-refractivity contribution in [1.29, 1.82) is 0 Å². The van der Waals surface area contributed by atoms with Gasteiger partial charge >= 0.3 is 6.03 Å². The van der Waals surface area contributed by atoms with Crippen molar-refractivity contribution in [3.8, 4) is 0 Å². The van der Waals surface area contributed by atoms with Gasteiger partial charge in [-0.2, -0.15) is 5.10 Å². The second kappa shape index (κ2) is 3.58. The Kier molecular flexibility index (Phi) is 2.25. The molecule has 0 bridgehead atoms. The molecule has 5 nitrogen and oxygen atoms in total. The van der Waals surface area contributed by atoms with Crippen molar-refractivity contribution in [3.05, 3.63) is 16.9 Å². The Hall–Kier alpha value is -1.82. The Morgan fingerprint density at radius 1 is 1.56 bits per heavy atom. The van der Waals surface area contributed by atoms with E-state index in [4.69, 9.17) is 11.6 Å². The van der Waals surface area contributed by atoms with Gasteiger partial charge in [0.15, 0.2) is 11.6 Å². The van der Waals surface area contributed by atoms with E-state index in [1.54, 1.807) is 11.7 Å². The highest BCUT2D eigenvalue weighted by Crippen LogP contribution is 2.40. The van der Waals surface area contributed by atoms with Gasteiger partial charge in [0.2, 0.25) is 0 Å². The van der Waals surface area contributed by atoms with Crippen LogP contribution in [0.15, 0.2) is 6.07 Å². The van der Waals surface area contributed by atoms with E-state index in [1.807, 2.05) is 6.92 Å². The summed E-state index contributed by atoms with van der Waals surface area (Å²) in [6, 6.07) is 1.11. The predicted octanol–water partition coefficient (Wildman–Crippen LogP) is 2.74. The molecule has 0 atom stereocenters. The summed E-state index contributed by atoms with van der Waals surface area (Å²) in [5.74, 6) is -0.160. The monoisotopic (exact) mass is 268 g/mol. The fourth-order valence-corrected chi connectivity index (χ4v) is 2.41. The van der Waals surface area contributed by atoms with Gasteiger partial charge in [0, 0.05) is 13.6 Å². The summed E-state index contributed by atoms with van der Waals surface area (Å²) < 4.78 is 15.5. The van der Waals surface area contributed by atoms with Gasteiger partial charge in [-0.05, 0) is 13.0 Å². The number of amides is 2. The maximum Gasteiger partial charge on any atom is 0.327 e. The molecule has 3 rings (SSSR count). The fourth-order valence-electron chi connectivity index (χ4n) is 2.21. The second-order valence-corrected chi connectivity index (χ2v) is 4.47. The smallest absolute Gasteiger partial charge is 0.304 e. The number of aromatic nitrogens is 2. The Morgan fingerprint density at radius 2 is 2.28 bits per heavy atom. The topological polar surface area (TPSA) is 50.2 Å². The van der Waals surface area contributed by atoms with Crippen molar-refractivity contribution in [2.75, 3.05) is 16.8 Å². The first kappa shape index (κ1) is 11.3. The molecule has 18 heavy (non-hydrogen) atoms. The molecule has 1 N–H and O–H groups in total. The summed E-state index contributed by atoms with van der Waals surface area (Å²) >= 11 is 5.81. The van der Waals surface area contributed by atoms with Gasteiger partial charge < -0.3 is 5.32 Å². The molecule has 0 saturated heterocycles. The van der Waals surface area contributed by atoms with E-state index in [2.05, 4.69) is 10.4 Å². The molecule has 1 aromatic carbocycles. The molecular formula is C11H10ClFN4O. The SMILES string of the molecule is CCN1C(=O)Nc2c(F)c(Cl)cc3c2c1nn3C. The van der Waals surface area contributed by atoms with Gasteiger partial charge in [0.05, 0.1) is 21.6 Å². The number of anilines is 2. The molecule has 1 aliphatic rings. The van der Waals surface area contributed by atoms with E-state index in [9.17, 15) is 9.18 Å². The van der Waals surface area contributed by atoms with E-state index in [0.717, 1.165) is 0 Å². The lowest BCUT2D eigenvalue weighted by molar-refractivity contribution is 0.256. The van der Waals surface area contributed by atoms with Crippen LogP contribution in [0.3, 0.4) is 0 Å². The summed E-state index contributed by atoms with van der Waals surface area (Å²) in [5.41, 5.74) is 0.792. The van der Waals surface area contributed by atoms with Crippen LogP contribution >= 0.6 is 11.6 Å². The minimum Gasteiger partial charge on any atom is -0.304 e. The van der Waals surface area contributed by atoms with Crippen LogP contribution in [0.4, 0.5) is 20.7 Å². The quantitative estimate of drug-likeness (QED) is 0.865. The Labute approximate surface area is 107 Å². The van der Waals surface area contributed by atoms with E-state index in [-0.39, 0.29) is 10.7 Å². The van der Waals surface area contributed by atoms with Crippen LogP contribution < -0.4 is 10.2 Å². The van der Waals surface area contributed by atoms with Crippen molar-refractivity contribution < 1.29 is 9.18 Å². The number of hydrogen-bond acceptors (Lipinski definition) is 2. The molecule has 2 amide bonds. The predicted molar refractivity (Wildman–Crippen MR) is 67.7 cm³/mol. The lowest BCUT2D eigenvalue weighted by Gasteiger charge is -2.24. The molecule has 1 aliphatic heterocycles. The van der Waals surface area contributed by atoms with Crippen LogP contribution in [0.2, 0.25) is 5.02 Å². The lowest BCUT2D eigenvalue weighted by Crippen LogP contribution is -2.38. The first-order valence-corrected chi connectivity index (χ1v) is 5.85.